The van der Waals surface area contributed by atoms with E-state index in [0.717, 1.165) is 5.56 Å². The summed E-state index contributed by atoms with van der Waals surface area (Å²) in [7, 11) is 0. The van der Waals surface area contributed by atoms with Gasteiger partial charge in [0.05, 0.1) is 5.56 Å². The predicted molar refractivity (Wildman–Crippen MR) is 64.9 cm³/mol. The van der Waals surface area contributed by atoms with Crippen LogP contribution in [0.25, 0.3) is 0 Å². The van der Waals surface area contributed by atoms with Gasteiger partial charge in [-0.15, -0.1) is 11.6 Å². The fourth-order valence-corrected chi connectivity index (χ4v) is 2.21. The first kappa shape index (κ1) is 11.9. The number of anilines is 1. The second-order valence-corrected chi connectivity index (χ2v) is 4.51. The molecule has 4 nitrogen and oxygen atoms in total. The monoisotopic (exact) mass is 249 g/mol. The molecule has 2 rings (SSSR count). The summed E-state index contributed by atoms with van der Waals surface area (Å²) in [6.45, 7) is 2.46. The van der Waals surface area contributed by atoms with Crippen LogP contribution >= 0.6 is 11.6 Å². The molecule has 0 radical (unpaired) electrons. The fraction of sp³-hybridized carbons (Fsp3) is 0.417. The van der Waals surface area contributed by atoms with E-state index in [9.17, 15) is 4.79 Å². The van der Waals surface area contributed by atoms with Crippen molar-refractivity contribution in [3.8, 4) is 6.07 Å². The Morgan fingerprint density at radius 2 is 2.47 bits per heavy atom. The zero-order chi connectivity index (χ0) is 12.4. The number of hydrogen-bond donors (Lipinski definition) is 0. The van der Waals surface area contributed by atoms with Crippen molar-refractivity contribution in [1.82, 2.24) is 4.98 Å². The molecular formula is C12H12ClN3O. The molecule has 0 aliphatic carbocycles. The molecule has 1 aromatic heterocycles. The van der Waals surface area contributed by atoms with Crippen molar-refractivity contribution >= 4 is 23.3 Å². The molecule has 0 aromatic carbocycles. The lowest BCUT2D eigenvalue weighted by atomic mass is 10.1. The molecule has 1 aromatic rings. The van der Waals surface area contributed by atoms with Crippen LogP contribution in [0.5, 0.6) is 0 Å². The molecule has 0 spiro atoms. The lowest BCUT2D eigenvalue weighted by Crippen LogP contribution is -2.26. The number of amides is 1. The van der Waals surface area contributed by atoms with Crippen molar-refractivity contribution in [2.24, 2.45) is 5.92 Å². The number of alkyl halides is 1. The zero-order valence-electron chi connectivity index (χ0n) is 9.48. The maximum absolute atomic E-state index is 11.8. The van der Waals surface area contributed by atoms with Gasteiger partial charge in [-0.05, 0) is 24.5 Å². The topological polar surface area (TPSA) is 57.0 Å². The van der Waals surface area contributed by atoms with Crippen molar-refractivity contribution < 1.29 is 4.79 Å². The summed E-state index contributed by atoms with van der Waals surface area (Å²) in [6.07, 6.45) is 1.97. The van der Waals surface area contributed by atoms with Crippen LogP contribution in [0.15, 0.2) is 12.3 Å². The highest BCUT2D eigenvalue weighted by molar-refractivity contribution is 6.18. The summed E-state index contributed by atoms with van der Waals surface area (Å²) in [4.78, 5) is 17.7. The smallest absolute Gasteiger partial charge is 0.228 e. The Balaban J connectivity index is 2.29. The number of nitriles is 1. The van der Waals surface area contributed by atoms with Crippen LogP contribution < -0.4 is 4.90 Å². The Bertz CT molecular complexity index is 495. The Hall–Kier alpha value is -1.60. The van der Waals surface area contributed by atoms with Gasteiger partial charge in [-0.1, -0.05) is 0 Å². The highest BCUT2D eigenvalue weighted by Crippen LogP contribution is 2.26. The van der Waals surface area contributed by atoms with Gasteiger partial charge in [-0.2, -0.15) is 5.26 Å². The molecule has 0 N–H and O–H groups in total. The first-order valence-corrected chi connectivity index (χ1v) is 5.92. The molecule has 1 saturated heterocycles. The summed E-state index contributed by atoms with van der Waals surface area (Å²) in [5.41, 5.74) is 1.35. The Morgan fingerprint density at radius 1 is 1.71 bits per heavy atom. The first-order valence-electron chi connectivity index (χ1n) is 5.38. The van der Waals surface area contributed by atoms with Crippen LogP contribution in [0.2, 0.25) is 0 Å². The van der Waals surface area contributed by atoms with Gasteiger partial charge in [-0.3, -0.25) is 9.69 Å². The Kier molecular flexibility index (Phi) is 3.30. The van der Waals surface area contributed by atoms with Crippen molar-refractivity contribution in [2.45, 2.75) is 13.3 Å². The third kappa shape index (κ3) is 2.25. The van der Waals surface area contributed by atoms with E-state index < -0.39 is 0 Å². The van der Waals surface area contributed by atoms with Gasteiger partial charge in [-0.25, -0.2) is 4.98 Å². The molecular weight excluding hydrogens is 238 g/mol. The number of halogens is 1. The van der Waals surface area contributed by atoms with Gasteiger partial charge in [0.25, 0.3) is 0 Å². The van der Waals surface area contributed by atoms with Gasteiger partial charge < -0.3 is 0 Å². The van der Waals surface area contributed by atoms with Crippen molar-refractivity contribution in [3.63, 3.8) is 0 Å². The van der Waals surface area contributed by atoms with Gasteiger partial charge in [0.2, 0.25) is 5.91 Å². The van der Waals surface area contributed by atoms with Crippen molar-refractivity contribution in [3.05, 3.63) is 23.4 Å². The number of rotatable bonds is 2. The summed E-state index contributed by atoms with van der Waals surface area (Å²) in [5.74, 6) is 1.37. The van der Waals surface area contributed by atoms with Gasteiger partial charge in [0.1, 0.15) is 11.9 Å². The van der Waals surface area contributed by atoms with E-state index in [1.807, 2.05) is 13.0 Å². The molecule has 1 unspecified atom stereocenters. The SMILES string of the molecule is Cc1cc(C#N)cnc1N1CC(CCl)CC1=O. The Labute approximate surface area is 105 Å². The largest absolute Gasteiger partial charge is 0.296 e. The lowest BCUT2D eigenvalue weighted by molar-refractivity contribution is -0.117. The number of nitrogens with zero attached hydrogens (tertiary/aromatic N) is 3. The van der Waals surface area contributed by atoms with Crippen LogP contribution in [-0.4, -0.2) is 23.3 Å². The lowest BCUT2D eigenvalue weighted by Gasteiger charge is -2.17. The number of carbonyl (C=O) groups excluding carboxylic acids is 1. The van der Waals surface area contributed by atoms with E-state index in [1.165, 1.54) is 6.20 Å². The van der Waals surface area contributed by atoms with Gasteiger partial charge in [0, 0.05) is 25.0 Å². The summed E-state index contributed by atoms with van der Waals surface area (Å²) in [5, 5.41) is 8.76. The van der Waals surface area contributed by atoms with Gasteiger partial charge >= 0.3 is 0 Å². The minimum absolute atomic E-state index is 0.0518. The molecule has 88 valence electrons. The minimum atomic E-state index is 0.0518. The number of hydrogen-bond acceptors (Lipinski definition) is 3. The standard InChI is InChI=1S/C12H12ClN3O/c1-8-2-10(5-14)6-15-12(8)16-7-9(4-13)3-11(16)17/h2,6,9H,3-4,7H2,1H3. The number of aryl methyl sites for hydroxylation is 1. The predicted octanol–water partition coefficient (Wildman–Crippen LogP) is 1.85. The average molecular weight is 250 g/mol. The van der Waals surface area contributed by atoms with E-state index in [-0.39, 0.29) is 11.8 Å². The maximum Gasteiger partial charge on any atom is 0.228 e. The summed E-state index contributed by atoms with van der Waals surface area (Å²) in [6, 6.07) is 3.77. The highest BCUT2D eigenvalue weighted by Gasteiger charge is 2.31. The molecule has 5 heteroatoms. The molecule has 1 fully saturated rings. The average Bonchev–Trinajstić information content (AvgIpc) is 2.70. The highest BCUT2D eigenvalue weighted by atomic mass is 35.5. The van der Waals surface area contributed by atoms with E-state index in [2.05, 4.69) is 4.98 Å². The van der Waals surface area contributed by atoms with Crippen LogP contribution in [-0.2, 0) is 4.79 Å². The first-order chi connectivity index (χ1) is 8.15. The van der Waals surface area contributed by atoms with E-state index >= 15 is 0 Å². The van der Waals surface area contributed by atoms with Crippen LogP contribution in [0, 0.1) is 24.2 Å². The molecule has 0 bridgehead atoms. The molecule has 1 aliphatic rings. The van der Waals surface area contributed by atoms with E-state index in [1.54, 1.807) is 11.0 Å². The quantitative estimate of drug-likeness (QED) is 0.752. The Morgan fingerprint density at radius 3 is 3.00 bits per heavy atom. The summed E-state index contributed by atoms with van der Waals surface area (Å²) >= 11 is 5.77. The molecule has 0 saturated carbocycles. The second kappa shape index (κ2) is 4.72. The maximum atomic E-state index is 11.8. The molecule has 17 heavy (non-hydrogen) atoms. The summed E-state index contributed by atoms with van der Waals surface area (Å²) < 4.78 is 0. The van der Waals surface area contributed by atoms with Crippen LogP contribution in [0.4, 0.5) is 5.82 Å². The molecule has 2 heterocycles. The molecule has 1 amide bonds. The van der Waals surface area contributed by atoms with Crippen LogP contribution in [0.1, 0.15) is 17.5 Å². The number of carbonyl (C=O) groups is 1. The number of aromatic nitrogens is 1. The fourth-order valence-electron chi connectivity index (χ4n) is 2.00. The number of pyridine rings is 1. The van der Waals surface area contributed by atoms with Crippen molar-refractivity contribution in [1.29, 1.82) is 5.26 Å². The van der Waals surface area contributed by atoms with Crippen LogP contribution in [0.3, 0.4) is 0 Å². The van der Waals surface area contributed by atoms with E-state index in [4.69, 9.17) is 16.9 Å². The van der Waals surface area contributed by atoms with Gasteiger partial charge in [0.15, 0.2) is 0 Å². The zero-order valence-corrected chi connectivity index (χ0v) is 10.2. The third-order valence-electron chi connectivity index (χ3n) is 2.86. The van der Waals surface area contributed by atoms with E-state index in [0.29, 0.717) is 30.2 Å². The minimum Gasteiger partial charge on any atom is -0.296 e. The third-order valence-corrected chi connectivity index (χ3v) is 3.30. The van der Waals surface area contributed by atoms with Crippen molar-refractivity contribution in [2.75, 3.05) is 17.3 Å². The molecule has 1 aliphatic heterocycles. The molecule has 1 atom stereocenters. The normalized spacial score (nSPS) is 19.5. The second-order valence-electron chi connectivity index (χ2n) is 4.21.